The molecule has 1 aliphatic rings. The summed E-state index contributed by atoms with van der Waals surface area (Å²) in [5.74, 6) is -0.279. The van der Waals surface area contributed by atoms with E-state index in [4.69, 9.17) is 0 Å². The van der Waals surface area contributed by atoms with E-state index >= 15 is 0 Å². The van der Waals surface area contributed by atoms with Crippen LogP contribution in [0, 0.1) is 0 Å². The second kappa shape index (κ2) is 5.58. The number of amides is 1. The average molecular weight is 304 g/mol. The van der Waals surface area contributed by atoms with Gasteiger partial charge in [-0.1, -0.05) is 6.07 Å². The quantitative estimate of drug-likeness (QED) is 0.847. The van der Waals surface area contributed by atoms with Gasteiger partial charge >= 0.3 is 0 Å². The van der Waals surface area contributed by atoms with Gasteiger partial charge in [-0.3, -0.25) is 4.79 Å². The van der Waals surface area contributed by atoms with Crippen molar-refractivity contribution < 1.29 is 18.3 Å². The van der Waals surface area contributed by atoms with Gasteiger partial charge in [0.2, 0.25) is 5.91 Å². The predicted octanol–water partition coefficient (Wildman–Crippen LogP) is -0.0382. The van der Waals surface area contributed by atoms with Crippen LogP contribution in [0.4, 0.5) is 0 Å². The molecular weight excluding hydrogens is 288 g/mol. The van der Waals surface area contributed by atoms with Crippen molar-refractivity contribution in [3.05, 3.63) is 17.5 Å². The van der Waals surface area contributed by atoms with Crippen LogP contribution in [0.3, 0.4) is 0 Å². The molecule has 0 bridgehead atoms. The van der Waals surface area contributed by atoms with Crippen LogP contribution in [0.15, 0.2) is 21.7 Å². The Morgan fingerprint density at radius 3 is 2.89 bits per heavy atom. The minimum atomic E-state index is -3.59. The third kappa shape index (κ3) is 3.14. The van der Waals surface area contributed by atoms with Crippen LogP contribution in [0.1, 0.15) is 6.42 Å². The standard InChI is InChI=1S/C11H16N2O4S2/c1-12(19(16,17)11-3-2-6-18-11)8-10(15)13-5-4-9(14)7-13/h2-3,6,9,14H,4-5,7-8H2,1H3/t9-/m1/s1. The molecule has 2 heterocycles. The van der Waals surface area contributed by atoms with Gasteiger partial charge in [0.1, 0.15) is 4.21 Å². The lowest BCUT2D eigenvalue weighted by Gasteiger charge is -2.20. The summed E-state index contributed by atoms with van der Waals surface area (Å²) in [5, 5.41) is 11.0. The molecule has 1 aromatic heterocycles. The number of aliphatic hydroxyl groups is 1. The molecule has 0 aromatic carbocycles. The number of hydrogen-bond acceptors (Lipinski definition) is 5. The summed E-state index contributed by atoms with van der Waals surface area (Å²) in [5.41, 5.74) is 0. The van der Waals surface area contributed by atoms with Gasteiger partial charge in [-0.2, -0.15) is 4.31 Å². The van der Waals surface area contributed by atoms with Gasteiger partial charge in [0.05, 0.1) is 12.6 Å². The fourth-order valence-electron chi connectivity index (χ4n) is 1.91. The maximum absolute atomic E-state index is 12.1. The summed E-state index contributed by atoms with van der Waals surface area (Å²) < 4.78 is 25.5. The van der Waals surface area contributed by atoms with Crippen molar-refractivity contribution in [1.82, 2.24) is 9.21 Å². The van der Waals surface area contributed by atoms with Gasteiger partial charge in [-0.05, 0) is 17.9 Å². The number of thiophene rings is 1. The smallest absolute Gasteiger partial charge is 0.252 e. The van der Waals surface area contributed by atoms with E-state index in [1.807, 2.05) is 0 Å². The Hall–Kier alpha value is -0.960. The highest BCUT2D eigenvalue weighted by Crippen LogP contribution is 2.20. The molecule has 8 heteroatoms. The number of sulfonamides is 1. The Bertz CT molecular complexity index is 541. The molecule has 2 rings (SSSR count). The Morgan fingerprint density at radius 2 is 2.37 bits per heavy atom. The lowest BCUT2D eigenvalue weighted by atomic mass is 10.3. The molecule has 0 spiro atoms. The lowest BCUT2D eigenvalue weighted by Crippen LogP contribution is -2.40. The maximum atomic E-state index is 12.1. The zero-order chi connectivity index (χ0) is 14.0. The minimum absolute atomic E-state index is 0.201. The van der Waals surface area contributed by atoms with E-state index in [1.54, 1.807) is 11.4 Å². The van der Waals surface area contributed by atoms with E-state index in [0.717, 1.165) is 15.6 Å². The van der Waals surface area contributed by atoms with E-state index in [-0.39, 0.29) is 23.2 Å². The van der Waals surface area contributed by atoms with E-state index in [9.17, 15) is 18.3 Å². The lowest BCUT2D eigenvalue weighted by molar-refractivity contribution is -0.130. The number of carbonyl (C=O) groups excluding carboxylic acids is 1. The number of likely N-dealkylation sites (N-methyl/N-ethyl adjacent to an activating group) is 1. The number of β-amino-alcohol motifs (C(OH)–C–C–N with tert-alkyl or cyclic N) is 1. The third-order valence-corrected chi connectivity index (χ3v) is 6.21. The van der Waals surface area contributed by atoms with Crippen LogP contribution < -0.4 is 0 Å². The molecule has 0 radical (unpaired) electrons. The largest absolute Gasteiger partial charge is 0.391 e. The minimum Gasteiger partial charge on any atom is -0.391 e. The zero-order valence-electron chi connectivity index (χ0n) is 10.5. The van der Waals surface area contributed by atoms with Crippen LogP contribution in [0.2, 0.25) is 0 Å². The molecular formula is C11H16N2O4S2. The highest BCUT2D eigenvalue weighted by Gasteiger charge is 2.29. The van der Waals surface area contributed by atoms with Gasteiger partial charge in [0.25, 0.3) is 10.0 Å². The molecule has 19 heavy (non-hydrogen) atoms. The topological polar surface area (TPSA) is 77.9 Å². The van der Waals surface area contributed by atoms with Crippen LogP contribution in [0.5, 0.6) is 0 Å². The molecule has 6 nitrogen and oxygen atoms in total. The summed E-state index contributed by atoms with van der Waals surface area (Å²) in [7, 11) is -2.20. The first-order chi connectivity index (χ1) is 8.91. The maximum Gasteiger partial charge on any atom is 0.252 e. The number of likely N-dealkylation sites (tertiary alicyclic amines) is 1. The van der Waals surface area contributed by atoms with Gasteiger partial charge in [0, 0.05) is 20.1 Å². The number of hydrogen-bond donors (Lipinski definition) is 1. The average Bonchev–Trinajstić information content (AvgIpc) is 2.99. The van der Waals surface area contributed by atoms with Crippen molar-refractivity contribution in [3.8, 4) is 0 Å². The molecule has 1 atom stereocenters. The summed E-state index contributed by atoms with van der Waals surface area (Å²) in [6.45, 7) is 0.561. The molecule has 0 saturated carbocycles. The summed E-state index contributed by atoms with van der Waals surface area (Å²) in [6.07, 6.45) is 0.0517. The van der Waals surface area contributed by atoms with Crippen LogP contribution in [-0.4, -0.2) is 61.4 Å². The van der Waals surface area contributed by atoms with Gasteiger partial charge in [-0.25, -0.2) is 8.42 Å². The first-order valence-electron chi connectivity index (χ1n) is 5.87. The molecule has 1 N–H and O–H groups in total. The van der Waals surface area contributed by atoms with Crippen molar-refractivity contribution in [2.75, 3.05) is 26.7 Å². The van der Waals surface area contributed by atoms with E-state index in [1.165, 1.54) is 18.0 Å². The molecule has 1 fully saturated rings. The van der Waals surface area contributed by atoms with Crippen molar-refractivity contribution in [2.24, 2.45) is 0 Å². The Kier molecular flexibility index (Phi) is 4.24. The van der Waals surface area contributed by atoms with Crippen molar-refractivity contribution in [1.29, 1.82) is 0 Å². The molecule has 0 aliphatic carbocycles. The predicted molar refractivity (Wildman–Crippen MR) is 71.3 cm³/mol. The van der Waals surface area contributed by atoms with Crippen molar-refractivity contribution >= 4 is 27.3 Å². The second-order valence-electron chi connectivity index (χ2n) is 4.48. The number of nitrogens with zero attached hydrogens (tertiary/aromatic N) is 2. The molecule has 0 unspecified atom stereocenters. The monoisotopic (exact) mass is 304 g/mol. The molecule has 1 aliphatic heterocycles. The van der Waals surface area contributed by atoms with Crippen LogP contribution >= 0.6 is 11.3 Å². The van der Waals surface area contributed by atoms with E-state index in [2.05, 4.69) is 0 Å². The summed E-state index contributed by atoms with van der Waals surface area (Å²) >= 11 is 1.12. The molecule has 1 amide bonds. The van der Waals surface area contributed by atoms with Crippen LogP contribution in [-0.2, 0) is 14.8 Å². The fourth-order valence-corrected chi connectivity index (χ4v) is 4.23. The summed E-state index contributed by atoms with van der Waals surface area (Å²) in [6, 6.07) is 3.17. The normalized spacial score (nSPS) is 20.2. The first-order valence-corrected chi connectivity index (χ1v) is 8.19. The Labute approximate surface area is 116 Å². The molecule has 1 saturated heterocycles. The number of aliphatic hydroxyl groups excluding tert-OH is 1. The summed E-state index contributed by atoms with van der Waals surface area (Å²) in [4.78, 5) is 13.4. The first kappa shape index (κ1) is 14.4. The van der Waals surface area contributed by atoms with E-state index in [0.29, 0.717) is 13.0 Å². The SMILES string of the molecule is CN(CC(=O)N1CC[C@@H](O)C1)S(=O)(=O)c1cccs1. The Balaban J connectivity index is 2.01. The Morgan fingerprint density at radius 1 is 1.63 bits per heavy atom. The van der Waals surface area contributed by atoms with Crippen molar-refractivity contribution in [3.63, 3.8) is 0 Å². The molecule has 106 valence electrons. The van der Waals surface area contributed by atoms with Gasteiger partial charge in [-0.15, -0.1) is 11.3 Å². The number of carbonyl (C=O) groups is 1. The highest BCUT2D eigenvalue weighted by atomic mass is 32.2. The molecule has 1 aromatic rings. The van der Waals surface area contributed by atoms with Gasteiger partial charge in [0.15, 0.2) is 0 Å². The van der Waals surface area contributed by atoms with E-state index < -0.39 is 16.1 Å². The second-order valence-corrected chi connectivity index (χ2v) is 7.69. The number of rotatable bonds is 4. The third-order valence-electron chi connectivity index (χ3n) is 3.03. The van der Waals surface area contributed by atoms with Crippen LogP contribution in [0.25, 0.3) is 0 Å². The fraction of sp³-hybridized carbons (Fsp3) is 0.545. The zero-order valence-corrected chi connectivity index (χ0v) is 12.2. The van der Waals surface area contributed by atoms with Crippen molar-refractivity contribution in [2.45, 2.75) is 16.7 Å². The highest BCUT2D eigenvalue weighted by molar-refractivity contribution is 7.91. The van der Waals surface area contributed by atoms with Gasteiger partial charge < -0.3 is 10.0 Å².